The van der Waals surface area contributed by atoms with Crippen LogP contribution in [0.4, 0.5) is 4.79 Å². The second kappa shape index (κ2) is 8.61. The first kappa shape index (κ1) is 20.6. The number of benzene rings is 1. The van der Waals surface area contributed by atoms with Gasteiger partial charge in [0, 0.05) is 4.88 Å². The molecule has 0 saturated carbocycles. The first-order valence-electron chi connectivity index (χ1n) is 9.85. The fourth-order valence-corrected chi connectivity index (χ4v) is 5.91. The maximum Gasteiger partial charge on any atom is 0.318 e. The van der Waals surface area contributed by atoms with Crippen LogP contribution in [0.2, 0.25) is 0 Å². The fraction of sp³-hybridized carbons (Fsp3) is 0.333. The maximum absolute atomic E-state index is 13.7. The number of aromatic nitrogens is 2. The molecule has 156 valence electrons. The molecular weight excluding hydrogens is 420 g/mol. The maximum atomic E-state index is 13.7. The van der Waals surface area contributed by atoms with Gasteiger partial charge in [0.25, 0.3) is 5.56 Å². The Morgan fingerprint density at radius 1 is 1.20 bits per heavy atom. The Kier molecular flexibility index (Phi) is 5.92. The Bertz CT molecular complexity index is 1170. The zero-order chi connectivity index (χ0) is 21.3. The number of imide groups is 1. The lowest BCUT2D eigenvalue weighted by atomic mass is 10.1. The number of rotatable bonds is 4. The van der Waals surface area contributed by atoms with Crippen LogP contribution >= 0.6 is 23.1 Å². The van der Waals surface area contributed by atoms with Gasteiger partial charge in [-0.3, -0.25) is 19.5 Å². The van der Waals surface area contributed by atoms with Crippen molar-refractivity contribution < 1.29 is 9.59 Å². The van der Waals surface area contributed by atoms with Gasteiger partial charge in [-0.1, -0.05) is 36.4 Å². The highest BCUT2D eigenvalue weighted by Crippen LogP contribution is 2.35. The molecule has 30 heavy (non-hydrogen) atoms. The SMILES string of the molecule is C[C@@H](Sc1nc2sc3c(c2c(=O)n1-c1ccccc1)CCCCC3)C(=O)NC(N)=O. The molecule has 0 aliphatic heterocycles. The van der Waals surface area contributed by atoms with E-state index in [4.69, 9.17) is 10.7 Å². The molecule has 3 N–H and O–H groups in total. The second-order valence-corrected chi connectivity index (χ2v) is 9.62. The third-order valence-corrected chi connectivity index (χ3v) is 7.36. The zero-order valence-electron chi connectivity index (χ0n) is 16.5. The lowest BCUT2D eigenvalue weighted by molar-refractivity contribution is -0.119. The zero-order valence-corrected chi connectivity index (χ0v) is 18.1. The minimum absolute atomic E-state index is 0.115. The minimum Gasteiger partial charge on any atom is -0.351 e. The van der Waals surface area contributed by atoms with E-state index in [1.165, 1.54) is 11.3 Å². The molecule has 3 aromatic rings. The molecule has 2 aromatic heterocycles. The van der Waals surface area contributed by atoms with Crippen LogP contribution in [0.25, 0.3) is 15.9 Å². The molecule has 3 amide bonds. The van der Waals surface area contributed by atoms with Crippen molar-refractivity contribution in [1.82, 2.24) is 14.9 Å². The molecular formula is C21H22N4O3S2. The summed E-state index contributed by atoms with van der Waals surface area (Å²) in [5, 5.41) is 2.54. The molecule has 1 aliphatic rings. The highest BCUT2D eigenvalue weighted by molar-refractivity contribution is 8.00. The van der Waals surface area contributed by atoms with Crippen LogP contribution in [0.15, 0.2) is 40.3 Å². The quantitative estimate of drug-likeness (QED) is 0.366. The van der Waals surface area contributed by atoms with Crippen LogP contribution in [-0.4, -0.2) is 26.7 Å². The van der Waals surface area contributed by atoms with Crippen molar-refractivity contribution in [2.45, 2.75) is 49.4 Å². The van der Waals surface area contributed by atoms with Crippen LogP contribution in [0.1, 0.15) is 36.6 Å². The van der Waals surface area contributed by atoms with E-state index in [0.717, 1.165) is 43.0 Å². The van der Waals surface area contributed by atoms with Gasteiger partial charge in [-0.2, -0.15) is 0 Å². The Hall–Kier alpha value is -2.65. The monoisotopic (exact) mass is 442 g/mol. The molecule has 0 unspecified atom stereocenters. The van der Waals surface area contributed by atoms with E-state index in [9.17, 15) is 14.4 Å². The lowest BCUT2D eigenvalue weighted by Gasteiger charge is -2.15. The summed E-state index contributed by atoms with van der Waals surface area (Å²) in [5.41, 5.74) is 6.77. The lowest BCUT2D eigenvalue weighted by Crippen LogP contribution is -2.39. The van der Waals surface area contributed by atoms with Gasteiger partial charge in [0.05, 0.1) is 16.3 Å². The number of fused-ring (bicyclic) bond motifs is 3. The highest BCUT2D eigenvalue weighted by Gasteiger charge is 2.25. The molecule has 1 atom stereocenters. The van der Waals surface area contributed by atoms with Gasteiger partial charge in [-0.15, -0.1) is 11.3 Å². The topological polar surface area (TPSA) is 107 Å². The number of hydrogen-bond acceptors (Lipinski definition) is 6. The van der Waals surface area contributed by atoms with E-state index in [-0.39, 0.29) is 5.56 Å². The Balaban J connectivity index is 1.87. The molecule has 0 fully saturated rings. The minimum atomic E-state index is -0.904. The largest absolute Gasteiger partial charge is 0.351 e. The predicted molar refractivity (Wildman–Crippen MR) is 120 cm³/mol. The highest BCUT2D eigenvalue weighted by atomic mass is 32.2. The van der Waals surface area contributed by atoms with E-state index in [1.54, 1.807) is 22.8 Å². The number of hydrogen-bond donors (Lipinski definition) is 2. The summed E-state index contributed by atoms with van der Waals surface area (Å²) >= 11 is 2.71. The molecule has 1 aliphatic carbocycles. The Morgan fingerprint density at radius 2 is 1.93 bits per heavy atom. The summed E-state index contributed by atoms with van der Waals surface area (Å²) < 4.78 is 1.57. The van der Waals surface area contributed by atoms with Gasteiger partial charge in [0.1, 0.15) is 4.83 Å². The standard InChI is InChI=1S/C21H22N4O3S2/c1-12(17(26)23-20(22)28)29-21-24-18-16(14-10-6-3-7-11-15(14)30-18)19(27)25(21)13-8-4-2-5-9-13/h2,4-5,8-9,12H,3,6-7,10-11H2,1H3,(H3,22,23,26,28)/t12-/m1/s1. The van der Waals surface area contributed by atoms with Gasteiger partial charge in [0.2, 0.25) is 5.91 Å². The van der Waals surface area contributed by atoms with Crippen molar-refractivity contribution in [2.24, 2.45) is 5.73 Å². The molecule has 4 rings (SSSR count). The van der Waals surface area contributed by atoms with Crippen molar-refractivity contribution in [2.75, 3.05) is 0 Å². The molecule has 7 nitrogen and oxygen atoms in total. The second-order valence-electron chi connectivity index (χ2n) is 7.23. The van der Waals surface area contributed by atoms with Crippen molar-refractivity contribution in [1.29, 1.82) is 0 Å². The molecule has 0 spiro atoms. The van der Waals surface area contributed by atoms with Crippen LogP contribution in [0.3, 0.4) is 0 Å². The predicted octanol–water partition coefficient (Wildman–Crippen LogP) is 3.39. The number of aryl methyl sites for hydroxylation is 2. The van der Waals surface area contributed by atoms with Gasteiger partial charge in [-0.25, -0.2) is 9.78 Å². The average molecular weight is 443 g/mol. The van der Waals surface area contributed by atoms with Crippen LogP contribution in [-0.2, 0) is 17.6 Å². The van der Waals surface area contributed by atoms with E-state index >= 15 is 0 Å². The number of nitrogens with one attached hydrogen (secondary N) is 1. The van der Waals surface area contributed by atoms with Crippen molar-refractivity contribution in [3.8, 4) is 5.69 Å². The van der Waals surface area contributed by atoms with E-state index in [1.807, 2.05) is 30.3 Å². The van der Waals surface area contributed by atoms with Crippen molar-refractivity contribution in [3.63, 3.8) is 0 Å². The number of carbonyl (C=O) groups is 2. The van der Waals surface area contributed by atoms with Crippen LogP contribution in [0.5, 0.6) is 0 Å². The summed E-state index contributed by atoms with van der Waals surface area (Å²) in [4.78, 5) is 43.7. The number of para-hydroxylation sites is 1. The van der Waals surface area contributed by atoms with Gasteiger partial charge in [-0.05, 0) is 50.3 Å². The van der Waals surface area contributed by atoms with Gasteiger partial charge < -0.3 is 5.73 Å². The first-order chi connectivity index (χ1) is 14.5. The Labute approximate surface area is 181 Å². The van der Waals surface area contributed by atoms with Crippen LogP contribution < -0.4 is 16.6 Å². The summed E-state index contributed by atoms with van der Waals surface area (Å²) in [5.74, 6) is -0.525. The van der Waals surface area contributed by atoms with Crippen molar-refractivity contribution in [3.05, 3.63) is 51.1 Å². The number of carbonyl (C=O) groups excluding carboxylic acids is 2. The first-order valence-corrected chi connectivity index (χ1v) is 11.5. The molecule has 1 aromatic carbocycles. The third-order valence-electron chi connectivity index (χ3n) is 5.12. The average Bonchev–Trinajstić information content (AvgIpc) is 2.89. The summed E-state index contributed by atoms with van der Waals surface area (Å²) in [7, 11) is 0. The number of thiophene rings is 1. The molecule has 2 heterocycles. The molecule has 0 radical (unpaired) electrons. The van der Waals surface area contributed by atoms with Gasteiger partial charge in [0.15, 0.2) is 5.16 Å². The van der Waals surface area contributed by atoms with E-state index < -0.39 is 17.2 Å². The van der Waals surface area contributed by atoms with Crippen LogP contribution in [0, 0.1) is 0 Å². The number of urea groups is 1. The molecule has 9 heteroatoms. The third kappa shape index (κ3) is 3.99. The molecule has 0 saturated heterocycles. The number of amides is 3. The normalized spacial score (nSPS) is 14.7. The summed E-state index contributed by atoms with van der Waals surface area (Å²) in [6.45, 7) is 1.65. The molecule has 0 bridgehead atoms. The summed E-state index contributed by atoms with van der Waals surface area (Å²) in [6, 6.07) is 8.39. The smallest absolute Gasteiger partial charge is 0.318 e. The van der Waals surface area contributed by atoms with E-state index in [0.29, 0.717) is 21.1 Å². The number of primary amides is 1. The number of nitrogens with zero attached hydrogens (tertiary/aromatic N) is 2. The van der Waals surface area contributed by atoms with E-state index in [2.05, 4.69) is 5.32 Å². The fourth-order valence-electron chi connectivity index (χ4n) is 3.68. The number of thioether (sulfide) groups is 1. The summed E-state index contributed by atoms with van der Waals surface area (Å²) in [6.07, 6.45) is 5.23. The Morgan fingerprint density at radius 3 is 2.67 bits per heavy atom. The van der Waals surface area contributed by atoms with Gasteiger partial charge >= 0.3 is 6.03 Å². The van der Waals surface area contributed by atoms with Crippen molar-refractivity contribution >= 4 is 45.3 Å². The number of nitrogens with two attached hydrogens (primary N) is 1.